The molecule has 8 nitrogen and oxygen atoms in total. The van der Waals surface area contributed by atoms with Crippen LogP contribution in [-0.4, -0.2) is 45.0 Å². The van der Waals surface area contributed by atoms with Crippen molar-refractivity contribution in [3.8, 4) is 5.75 Å². The van der Waals surface area contributed by atoms with Gasteiger partial charge in [-0.05, 0) is 38.8 Å². The summed E-state index contributed by atoms with van der Waals surface area (Å²) in [6.07, 6.45) is 5.50. The molecule has 29 heavy (non-hydrogen) atoms. The predicted octanol–water partition coefficient (Wildman–Crippen LogP) is 3.24. The summed E-state index contributed by atoms with van der Waals surface area (Å²) >= 11 is 0. The zero-order valence-corrected chi connectivity index (χ0v) is 17.3. The number of carbonyl (C=O) groups excluding carboxylic acids is 1. The number of alkyl carbamates (subject to hydrolysis) is 1. The first-order valence-electron chi connectivity index (χ1n) is 9.60. The van der Waals surface area contributed by atoms with Gasteiger partial charge in [-0.2, -0.15) is 0 Å². The highest BCUT2D eigenvalue weighted by Crippen LogP contribution is 2.23. The Labute approximate surface area is 170 Å². The summed E-state index contributed by atoms with van der Waals surface area (Å²) in [4.78, 5) is 27.7. The number of hydrogen-bond acceptors (Lipinski definition) is 5. The SMILES string of the molecule is CCCOc1ccc(CC(NC(=O)OC(C)(C)C)C(=O)O)cc1Cn1ccnc1. The van der Waals surface area contributed by atoms with Crippen molar-refractivity contribution >= 4 is 12.1 Å². The van der Waals surface area contributed by atoms with Gasteiger partial charge in [-0.1, -0.05) is 19.1 Å². The van der Waals surface area contributed by atoms with Crippen molar-refractivity contribution in [2.45, 2.75) is 58.7 Å². The van der Waals surface area contributed by atoms with Crippen LogP contribution in [0.5, 0.6) is 5.75 Å². The standard InChI is InChI=1S/C21H29N3O5/c1-5-10-28-18-7-6-15(11-16(18)13-24-9-8-22-14-24)12-17(19(25)26)23-20(27)29-21(2,3)4/h6-9,11,14,17H,5,10,12-13H2,1-4H3,(H,23,27)(H,25,26). The first kappa shape index (κ1) is 22.3. The molecule has 2 aromatic rings. The lowest BCUT2D eigenvalue weighted by Gasteiger charge is -2.22. The number of amides is 1. The van der Waals surface area contributed by atoms with E-state index in [1.807, 2.05) is 35.9 Å². The molecule has 1 aromatic carbocycles. The number of carboxylic acids is 1. The molecule has 1 unspecified atom stereocenters. The van der Waals surface area contributed by atoms with E-state index in [0.717, 1.165) is 23.3 Å². The van der Waals surface area contributed by atoms with Crippen molar-refractivity contribution in [2.75, 3.05) is 6.61 Å². The topological polar surface area (TPSA) is 103 Å². The van der Waals surface area contributed by atoms with Crippen LogP contribution >= 0.6 is 0 Å². The molecule has 0 aliphatic rings. The second-order valence-corrected chi connectivity index (χ2v) is 7.77. The molecule has 0 radical (unpaired) electrons. The van der Waals surface area contributed by atoms with Gasteiger partial charge in [-0.25, -0.2) is 14.6 Å². The van der Waals surface area contributed by atoms with Crippen LogP contribution in [0.15, 0.2) is 36.9 Å². The smallest absolute Gasteiger partial charge is 0.408 e. The fourth-order valence-electron chi connectivity index (χ4n) is 2.70. The molecule has 0 aliphatic heterocycles. The number of nitrogens with zero attached hydrogens (tertiary/aromatic N) is 2. The van der Waals surface area contributed by atoms with E-state index in [-0.39, 0.29) is 6.42 Å². The molecule has 0 saturated heterocycles. The maximum absolute atomic E-state index is 12.0. The van der Waals surface area contributed by atoms with Crippen LogP contribution < -0.4 is 10.1 Å². The average Bonchev–Trinajstić information content (AvgIpc) is 3.12. The van der Waals surface area contributed by atoms with Gasteiger partial charge in [0.15, 0.2) is 0 Å². The predicted molar refractivity (Wildman–Crippen MR) is 108 cm³/mol. The van der Waals surface area contributed by atoms with Gasteiger partial charge in [0.05, 0.1) is 19.5 Å². The second kappa shape index (κ2) is 9.95. The molecular formula is C21H29N3O5. The lowest BCUT2D eigenvalue weighted by molar-refractivity contribution is -0.139. The quantitative estimate of drug-likeness (QED) is 0.666. The third kappa shape index (κ3) is 7.48. The molecule has 0 saturated carbocycles. The Balaban J connectivity index is 2.18. The van der Waals surface area contributed by atoms with Crippen molar-refractivity contribution in [3.63, 3.8) is 0 Å². The van der Waals surface area contributed by atoms with Gasteiger partial charge >= 0.3 is 12.1 Å². The highest BCUT2D eigenvalue weighted by Gasteiger charge is 2.24. The van der Waals surface area contributed by atoms with E-state index in [1.54, 1.807) is 33.3 Å². The molecule has 1 heterocycles. The number of carboxylic acid groups (broad SMARTS) is 1. The molecule has 1 aromatic heterocycles. The first-order valence-corrected chi connectivity index (χ1v) is 9.60. The maximum atomic E-state index is 12.0. The highest BCUT2D eigenvalue weighted by atomic mass is 16.6. The van der Waals surface area contributed by atoms with Gasteiger partial charge in [-0.15, -0.1) is 0 Å². The lowest BCUT2D eigenvalue weighted by Crippen LogP contribution is -2.44. The minimum atomic E-state index is -1.13. The summed E-state index contributed by atoms with van der Waals surface area (Å²) in [5.41, 5.74) is 0.978. The third-order valence-electron chi connectivity index (χ3n) is 3.93. The summed E-state index contributed by atoms with van der Waals surface area (Å²) in [6.45, 7) is 8.33. The van der Waals surface area contributed by atoms with Crippen molar-refractivity contribution in [2.24, 2.45) is 0 Å². The molecule has 1 atom stereocenters. The van der Waals surface area contributed by atoms with Crippen LogP contribution in [0.3, 0.4) is 0 Å². The number of aliphatic carboxylic acids is 1. The summed E-state index contributed by atoms with van der Waals surface area (Å²) in [7, 11) is 0. The normalized spacial score (nSPS) is 12.3. The molecule has 0 fully saturated rings. The van der Waals surface area contributed by atoms with Crippen LogP contribution in [0.1, 0.15) is 45.2 Å². The molecule has 0 aliphatic carbocycles. The molecule has 0 spiro atoms. The molecule has 158 valence electrons. The van der Waals surface area contributed by atoms with Gasteiger partial charge in [0, 0.05) is 24.4 Å². The monoisotopic (exact) mass is 403 g/mol. The van der Waals surface area contributed by atoms with Crippen LogP contribution in [0.2, 0.25) is 0 Å². The minimum Gasteiger partial charge on any atom is -0.493 e. The van der Waals surface area contributed by atoms with E-state index < -0.39 is 23.7 Å². The third-order valence-corrected chi connectivity index (χ3v) is 3.93. The Morgan fingerprint density at radius 2 is 2.07 bits per heavy atom. The fourth-order valence-corrected chi connectivity index (χ4v) is 2.70. The van der Waals surface area contributed by atoms with Crippen molar-refractivity contribution in [1.82, 2.24) is 14.9 Å². The Hall–Kier alpha value is -3.03. The summed E-state index contributed by atoms with van der Waals surface area (Å²) in [6, 6.07) is 4.45. The summed E-state index contributed by atoms with van der Waals surface area (Å²) in [5.74, 6) is -0.380. The van der Waals surface area contributed by atoms with Crippen LogP contribution in [0, 0.1) is 0 Å². The number of imidazole rings is 1. The largest absolute Gasteiger partial charge is 0.493 e. The number of nitrogens with one attached hydrogen (secondary N) is 1. The molecule has 2 N–H and O–H groups in total. The van der Waals surface area contributed by atoms with E-state index in [1.165, 1.54) is 0 Å². The van der Waals surface area contributed by atoms with Crippen LogP contribution in [0.25, 0.3) is 0 Å². The van der Waals surface area contributed by atoms with E-state index >= 15 is 0 Å². The first-order chi connectivity index (χ1) is 13.7. The fraction of sp³-hybridized carbons (Fsp3) is 0.476. The van der Waals surface area contributed by atoms with Gasteiger partial charge in [0.25, 0.3) is 0 Å². The van der Waals surface area contributed by atoms with E-state index in [2.05, 4.69) is 10.3 Å². The Morgan fingerprint density at radius 1 is 1.31 bits per heavy atom. The molecule has 1 amide bonds. The zero-order valence-electron chi connectivity index (χ0n) is 17.3. The van der Waals surface area contributed by atoms with Crippen LogP contribution in [-0.2, 0) is 22.5 Å². The van der Waals surface area contributed by atoms with Gasteiger partial charge in [-0.3, -0.25) is 0 Å². The summed E-state index contributed by atoms with van der Waals surface area (Å²) in [5, 5.41) is 12.0. The number of hydrogen-bond donors (Lipinski definition) is 2. The van der Waals surface area contributed by atoms with Crippen molar-refractivity contribution in [1.29, 1.82) is 0 Å². The number of rotatable bonds is 9. The number of carbonyl (C=O) groups is 2. The maximum Gasteiger partial charge on any atom is 0.408 e. The Morgan fingerprint density at radius 3 is 2.66 bits per heavy atom. The Bertz CT molecular complexity index is 812. The van der Waals surface area contributed by atoms with Gasteiger partial charge in [0.1, 0.15) is 17.4 Å². The highest BCUT2D eigenvalue weighted by molar-refractivity contribution is 5.80. The number of benzene rings is 1. The molecule has 0 bridgehead atoms. The lowest BCUT2D eigenvalue weighted by atomic mass is 10.0. The van der Waals surface area contributed by atoms with Crippen LogP contribution in [0.4, 0.5) is 4.79 Å². The van der Waals surface area contributed by atoms with E-state index in [4.69, 9.17) is 9.47 Å². The number of ether oxygens (including phenoxy) is 2. The summed E-state index contributed by atoms with van der Waals surface area (Å²) < 4.78 is 12.9. The molecular weight excluding hydrogens is 374 g/mol. The minimum absolute atomic E-state index is 0.125. The zero-order chi connectivity index (χ0) is 21.4. The van der Waals surface area contributed by atoms with E-state index in [9.17, 15) is 14.7 Å². The molecule has 8 heteroatoms. The second-order valence-electron chi connectivity index (χ2n) is 7.77. The molecule has 2 rings (SSSR count). The van der Waals surface area contributed by atoms with E-state index in [0.29, 0.717) is 13.2 Å². The van der Waals surface area contributed by atoms with Gasteiger partial charge < -0.3 is 24.5 Å². The Kier molecular flexibility index (Phi) is 7.64. The number of aromatic nitrogens is 2. The van der Waals surface area contributed by atoms with Gasteiger partial charge in [0.2, 0.25) is 0 Å². The van der Waals surface area contributed by atoms with Crippen molar-refractivity contribution < 1.29 is 24.2 Å². The average molecular weight is 403 g/mol. The van der Waals surface area contributed by atoms with Crippen molar-refractivity contribution in [3.05, 3.63) is 48.0 Å².